The highest BCUT2D eigenvalue weighted by Crippen LogP contribution is 2.00. The third-order valence-corrected chi connectivity index (χ3v) is 2.39. The summed E-state index contributed by atoms with van der Waals surface area (Å²) in [4.78, 5) is 11.0. The summed E-state index contributed by atoms with van der Waals surface area (Å²) in [6, 6.07) is 0. The average molecular weight is 261 g/mol. The Morgan fingerprint density at radius 2 is 1.89 bits per heavy atom. The first-order valence-electron chi connectivity index (χ1n) is 6.74. The molecule has 0 saturated heterocycles. The number of hydrogen-bond acceptors (Lipinski definition) is 5. The summed E-state index contributed by atoms with van der Waals surface area (Å²) in [6.45, 7) is 6.15. The van der Waals surface area contributed by atoms with Crippen molar-refractivity contribution in [1.29, 1.82) is 0 Å². The van der Waals surface area contributed by atoms with E-state index in [-0.39, 0.29) is 5.97 Å². The van der Waals surface area contributed by atoms with Crippen molar-refractivity contribution in [3.05, 3.63) is 0 Å². The summed E-state index contributed by atoms with van der Waals surface area (Å²) < 4.78 is 15.0. The second kappa shape index (κ2) is 14.4. The molecule has 0 unspecified atom stereocenters. The van der Waals surface area contributed by atoms with Crippen LogP contribution in [0.25, 0.3) is 0 Å². The Balaban J connectivity index is 3.01. The fourth-order valence-electron chi connectivity index (χ4n) is 1.44. The molecule has 0 saturated carbocycles. The van der Waals surface area contributed by atoms with Crippen LogP contribution in [0.4, 0.5) is 0 Å². The maximum atomic E-state index is 11.0. The summed E-state index contributed by atoms with van der Waals surface area (Å²) in [6.07, 6.45) is 3.58. The van der Waals surface area contributed by atoms with Crippen LogP contribution < -0.4 is 5.32 Å². The molecule has 18 heavy (non-hydrogen) atoms. The Hall–Kier alpha value is -0.650. The number of esters is 1. The van der Waals surface area contributed by atoms with Crippen LogP contribution in [0.15, 0.2) is 0 Å². The zero-order valence-corrected chi connectivity index (χ0v) is 11.7. The highest BCUT2D eigenvalue weighted by Gasteiger charge is 2.00. The van der Waals surface area contributed by atoms with Crippen molar-refractivity contribution in [2.24, 2.45) is 0 Å². The lowest BCUT2D eigenvalue weighted by atomic mass is 10.2. The van der Waals surface area contributed by atoms with Gasteiger partial charge in [-0.15, -0.1) is 0 Å². The van der Waals surface area contributed by atoms with Crippen LogP contribution in [-0.2, 0) is 19.0 Å². The standard InChI is InChI=1S/C13H27NO4/c1-3-18-13(15)7-5-4-6-8-14-9-10-17-12-11-16-2/h14H,3-12H2,1-2H3. The van der Waals surface area contributed by atoms with Crippen molar-refractivity contribution in [2.45, 2.75) is 32.6 Å². The van der Waals surface area contributed by atoms with Crippen molar-refractivity contribution < 1.29 is 19.0 Å². The molecule has 0 fully saturated rings. The minimum atomic E-state index is -0.0861. The average Bonchev–Trinajstić information content (AvgIpc) is 2.36. The maximum Gasteiger partial charge on any atom is 0.305 e. The smallest absolute Gasteiger partial charge is 0.305 e. The van der Waals surface area contributed by atoms with Crippen LogP contribution in [0.1, 0.15) is 32.6 Å². The molecule has 0 rings (SSSR count). The van der Waals surface area contributed by atoms with E-state index in [0.717, 1.165) is 32.4 Å². The molecular weight excluding hydrogens is 234 g/mol. The predicted octanol–water partition coefficient (Wildman–Crippen LogP) is 1.36. The van der Waals surface area contributed by atoms with Gasteiger partial charge < -0.3 is 19.5 Å². The molecule has 1 N–H and O–H groups in total. The van der Waals surface area contributed by atoms with E-state index in [1.807, 2.05) is 6.92 Å². The third kappa shape index (κ3) is 13.4. The Kier molecular flexibility index (Phi) is 13.9. The highest BCUT2D eigenvalue weighted by atomic mass is 16.5. The van der Waals surface area contributed by atoms with Crippen LogP contribution in [0.2, 0.25) is 0 Å². The monoisotopic (exact) mass is 261 g/mol. The van der Waals surface area contributed by atoms with Gasteiger partial charge in [-0.05, 0) is 26.3 Å². The molecule has 0 radical (unpaired) electrons. The molecule has 0 aromatic carbocycles. The van der Waals surface area contributed by atoms with Gasteiger partial charge in [0.2, 0.25) is 0 Å². The van der Waals surface area contributed by atoms with E-state index in [1.54, 1.807) is 7.11 Å². The summed E-state index contributed by atoms with van der Waals surface area (Å²) in [5.74, 6) is -0.0861. The van der Waals surface area contributed by atoms with Gasteiger partial charge in [0.25, 0.3) is 0 Å². The zero-order chi connectivity index (χ0) is 13.5. The summed E-state index contributed by atoms with van der Waals surface area (Å²) in [5, 5.41) is 3.29. The Bertz CT molecular complexity index is 188. The summed E-state index contributed by atoms with van der Waals surface area (Å²) in [5.41, 5.74) is 0. The van der Waals surface area contributed by atoms with Gasteiger partial charge in [0.15, 0.2) is 0 Å². The number of rotatable bonds is 13. The van der Waals surface area contributed by atoms with Crippen LogP contribution in [0, 0.1) is 0 Å². The van der Waals surface area contributed by atoms with Crippen LogP contribution in [0.5, 0.6) is 0 Å². The van der Waals surface area contributed by atoms with Crippen molar-refractivity contribution >= 4 is 5.97 Å². The van der Waals surface area contributed by atoms with Crippen LogP contribution in [-0.4, -0.2) is 52.6 Å². The molecule has 0 aliphatic carbocycles. The first-order chi connectivity index (χ1) is 8.81. The lowest BCUT2D eigenvalue weighted by molar-refractivity contribution is -0.143. The minimum absolute atomic E-state index is 0.0861. The molecule has 0 aliphatic rings. The molecule has 108 valence electrons. The van der Waals surface area contributed by atoms with Crippen molar-refractivity contribution in [1.82, 2.24) is 5.32 Å². The summed E-state index contributed by atoms with van der Waals surface area (Å²) in [7, 11) is 1.66. The van der Waals surface area contributed by atoms with Gasteiger partial charge in [0.05, 0.1) is 26.4 Å². The number of unbranched alkanes of at least 4 members (excludes halogenated alkanes) is 2. The van der Waals surface area contributed by atoms with E-state index < -0.39 is 0 Å². The number of nitrogens with one attached hydrogen (secondary N) is 1. The number of carbonyl (C=O) groups is 1. The van der Waals surface area contributed by atoms with E-state index in [4.69, 9.17) is 14.2 Å². The predicted molar refractivity (Wildman–Crippen MR) is 70.7 cm³/mol. The SMILES string of the molecule is CCOC(=O)CCCCCNCCOCCOC. The van der Waals surface area contributed by atoms with Crippen LogP contribution in [0.3, 0.4) is 0 Å². The van der Waals surface area contributed by atoms with Gasteiger partial charge in [-0.1, -0.05) is 6.42 Å². The second-order valence-electron chi connectivity index (χ2n) is 3.97. The molecule has 0 bridgehead atoms. The molecule has 0 aliphatic heterocycles. The Labute approximate surface area is 110 Å². The third-order valence-electron chi connectivity index (χ3n) is 2.39. The molecule has 0 aromatic rings. The quantitative estimate of drug-likeness (QED) is 0.401. The molecule has 0 spiro atoms. The minimum Gasteiger partial charge on any atom is -0.466 e. The lowest BCUT2D eigenvalue weighted by Gasteiger charge is -2.06. The molecule has 0 aromatic heterocycles. The fraction of sp³-hybridized carbons (Fsp3) is 0.923. The normalized spacial score (nSPS) is 10.6. The molecule has 5 nitrogen and oxygen atoms in total. The second-order valence-corrected chi connectivity index (χ2v) is 3.97. The number of hydrogen-bond donors (Lipinski definition) is 1. The van der Waals surface area contributed by atoms with Gasteiger partial charge in [0.1, 0.15) is 0 Å². The fourth-order valence-corrected chi connectivity index (χ4v) is 1.44. The Morgan fingerprint density at radius 3 is 2.61 bits per heavy atom. The van der Waals surface area contributed by atoms with Gasteiger partial charge >= 0.3 is 5.97 Å². The number of carbonyl (C=O) groups excluding carboxylic acids is 1. The van der Waals surface area contributed by atoms with E-state index in [1.165, 1.54) is 0 Å². The lowest BCUT2D eigenvalue weighted by Crippen LogP contribution is -2.21. The van der Waals surface area contributed by atoms with E-state index in [9.17, 15) is 4.79 Å². The molecule has 0 amide bonds. The van der Waals surface area contributed by atoms with Crippen LogP contribution >= 0.6 is 0 Å². The first kappa shape index (κ1) is 17.4. The largest absolute Gasteiger partial charge is 0.466 e. The van der Waals surface area contributed by atoms with E-state index in [0.29, 0.717) is 32.8 Å². The molecule has 5 heteroatoms. The van der Waals surface area contributed by atoms with Crippen molar-refractivity contribution in [3.63, 3.8) is 0 Å². The van der Waals surface area contributed by atoms with Gasteiger partial charge in [-0.25, -0.2) is 0 Å². The van der Waals surface area contributed by atoms with E-state index >= 15 is 0 Å². The van der Waals surface area contributed by atoms with Gasteiger partial charge in [-0.2, -0.15) is 0 Å². The molecular formula is C13H27NO4. The van der Waals surface area contributed by atoms with Crippen molar-refractivity contribution in [3.8, 4) is 0 Å². The molecule has 0 atom stereocenters. The highest BCUT2D eigenvalue weighted by molar-refractivity contribution is 5.69. The summed E-state index contributed by atoms with van der Waals surface area (Å²) >= 11 is 0. The van der Waals surface area contributed by atoms with Gasteiger partial charge in [0, 0.05) is 20.1 Å². The topological polar surface area (TPSA) is 56.8 Å². The Morgan fingerprint density at radius 1 is 1.06 bits per heavy atom. The number of ether oxygens (including phenoxy) is 3. The van der Waals surface area contributed by atoms with Gasteiger partial charge in [-0.3, -0.25) is 4.79 Å². The molecule has 0 heterocycles. The van der Waals surface area contributed by atoms with Crippen molar-refractivity contribution in [2.75, 3.05) is 46.6 Å². The number of methoxy groups -OCH3 is 1. The maximum absolute atomic E-state index is 11.0. The first-order valence-corrected chi connectivity index (χ1v) is 6.74. The van der Waals surface area contributed by atoms with E-state index in [2.05, 4.69) is 5.32 Å². The zero-order valence-electron chi connectivity index (χ0n) is 11.7.